The van der Waals surface area contributed by atoms with Gasteiger partial charge in [-0.1, -0.05) is 15.9 Å². The van der Waals surface area contributed by atoms with E-state index in [-0.39, 0.29) is 48.0 Å². The number of alkyl halides is 1. The molecule has 0 aromatic rings. The van der Waals surface area contributed by atoms with Crippen LogP contribution in [0.2, 0.25) is 0 Å². The van der Waals surface area contributed by atoms with Gasteiger partial charge >= 0.3 is 29.6 Å². The molecule has 0 aliphatic carbocycles. The van der Waals surface area contributed by atoms with Crippen LogP contribution in [0.4, 0.5) is 0 Å². The van der Waals surface area contributed by atoms with Gasteiger partial charge in [0.15, 0.2) is 0 Å². The Balaban J connectivity index is -0.0000000150. The van der Waals surface area contributed by atoms with Gasteiger partial charge in [-0.05, 0) is 0 Å². The van der Waals surface area contributed by atoms with Gasteiger partial charge in [0.25, 0.3) is 0 Å². The maximum Gasteiger partial charge on any atom is 1.00 e. The summed E-state index contributed by atoms with van der Waals surface area (Å²) in [7, 11) is 0. The zero-order valence-corrected chi connectivity index (χ0v) is 9.08. The molecule has 0 fully saturated rings. The predicted octanol–water partition coefficient (Wildman–Crippen LogP) is -1.97. The van der Waals surface area contributed by atoms with Gasteiger partial charge < -0.3 is 7.16 Å². The van der Waals surface area contributed by atoms with Gasteiger partial charge in [0.05, 0.1) is 0 Å². The molecule has 0 aliphatic heterocycles. The average Bonchev–Trinajstić information content (AvgIpc) is 1.37. The first-order chi connectivity index (χ1) is 1.91. The van der Waals surface area contributed by atoms with Gasteiger partial charge in [-0.15, -0.1) is 17.0 Å². The number of nitrogens with two attached hydrogens (primary N) is 1. The van der Waals surface area contributed by atoms with E-state index in [0.717, 1.165) is 11.9 Å². The van der Waals surface area contributed by atoms with Crippen LogP contribution in [0.25, 0.3) is 0 Å². The van der Waals surface area contributed by atoms with Crippen molar-refractivity contribution >= 4 is 32.9 Å². The molecule has 0 spiro atoms. The smallest absolute Gasteiger partial charge is 1.00 e. The van der Waals surface area contributed by atoms with Crippen molar-refractivity contribution in [3.05, 3.63) is 0 Å². The quantitative estimate of drug-likeness (QED) is 0.409. The third-order valence-corrected chi connectivity index (χ3v) is 0.567. The molecule has 0 saturated carbocycles. The molecular formula is C2H8Br2NNa. The predicted molar refractivity (Wildman–Crippen MR) is 34.3 cm³/mol. The van der Waals surface area contributed by atoms with Crippen LogP contribution in [0.5, 0.6) is 0 Å². The largest absolute Gasteiger partial charge is 1.00 e. The van der Waals surface area contributed by atoms with Crippen LogP contribution in [0.3, 0.4) is 0 Å². The Labute approximate surface area is 80.7 Å². The van der Waals surface area contributed by atoms with E-state index in [9.17, 15) is 0 Å². The van der Waals surface area contributed by atoms with E-state index in [1.807, 2.05) is 0 Å². The van der Waals surface area contributed by atoms with Crippen molar-refractivity contribution in [2.45, 2.75) is 0 Å². The minimum Gasteiger partial charge on any atom is -1.00 e. The second-order valence-corrected chi connectivity index (χ2v) is 1.27. The van der Waals surface area contributed by atoms with E-state index < -0.39 is 0 Å². The Morgan fingerprint density at radius 3 is 1.83 bits per heavy atom. The molecule has 0 radical (unpaired) electrons. The maximum atomic E-state index is 4.98. The fourth-order valence-corrected chi connectivity index (χ4v) is 0. The second kappa shape index (κ2) is 15.8. The van der Waals surface area contributed by atoms with Gasteiger partial charge in [-0.3, -0.25) is 0 Å². The first kappa shape index (κ1) is 15.7. The van der Waals surface area contributed by atoms with E-state index in [4.69, 9.17) is 5.73 Å². The van der Waals surface area contributed by atoms with Crippen molar-refractivity contribution in [3.63, 3.8) is 0 Å². The molecule has 6 heavy (non-hydrogen) atoms. The molecule has 0 unspecified atom stereocenters. The maximum absolute atomic E-state index is 4.98. The van der Waals surface area contributed by atoms with Crippen molar-refractivity contribution in [1.82, 2.24) is 0 Å². The van der Waals surface area contributed by atoms with Crippen LogP contribution >= 0.6 is 32.9 Å². The Hall–Kier alpha value is 1.92. The van der Waals surface area contributed by atoms with Crippen molar-refractivity contribution in [2.24, 2.45) is 5.73 Å². The van der Waals surface area contributed by atoms with Crippen molar-refractivity contribution in [2.75, 3.05) is 11.9 Å². The van der Waals surface area contributed by atoms with Gasteiger partial charge in [0.1, 0.15) is 0 Å². The Bertz CT molecular complexity index is 17.7. The summed E-state index contributed by atoms with van der Waals surface area (Å²) in [4.78, 5) is 0. The summed E-state index contributed by atoms with van der Waals surface area (Å²) in [6.45, 7) is 0.736. The number of rotatable bonds is 1. The molecule has 0 aromatic carbocycles. The van der Waals surface area contributed by atoms with Crippen LogP contribution in [0.15, 0.2) is 0 Å². The van der Waals surface area contributed by atoms with Gasteiger partial charge in [0, 0.05) is 11.9 Å². The first-order valence-corrected chi connectivity index (χ1v) is 2.30. The zero-order valence-electron chi connectivity index (χ0n) is 4.78. The summed E-state index contributed by atoms with van der Waals surface area (Å²) < 4.78 is 0. The molecule has 0 amide bonds. The summed E-state index contributed by atoms with van der Waals surface area (Å²) in [6, 6.07) is 0. The van der Waals surface area contributed by atoms with E-state index in [0.29, 0.717) is 0 Å². The normalized spacial score (nSPS) is 5.00. The number of hydrogen-bond donors (Lipinski definition) is 1. The summed E-state index contributed by atoms with van der Waals surface area (Å²) in [5.74, 6) is 0. The average molecular weight is 229 g/mol. The van der Waals surface area contributed by atoms with Crippen molar-refractivity contribution < 1.29 is 31.0 Å². The third-order valence-electron chi connectivity index (χ3n) is 0.109. The standard InChI is InChI=1S/C2H6BrN.BrH.Na.H/c3-1-2-4;;;/h1-2,4H2;1H;;/q;;+1;-1. The van der Waals surface area contributed by atoms with Crippen LogP contribution < -0.4 is 35.3 Å². The summed E-state index contributed by atoms with van der Waals surface area (Å²) >= 11 is 3.12. The molecule has 0 saturated heterocycles. The van der Waals surface area contributed by atoms with Gasteiger partial charge in [-0.25, -0.2) is 0 Å². The molecule has 2 N–H and O–H groups in total. The molecule has 0 heterocycles. The van der Waals surface area contributed by atoms with E-state index in [1.54, 1.807) is 0 Å². The molecule has 0 bridgehead atoms. The monoisotopic (exact) mass is 227 g/mol. The molecule has 0 atom stereocenters. The topological polar surface area (TPSA) is 26.0 Å². The summed E-state index contributed by atoms with van der Waals surface area (Å²) in [6.07, 6.45) is 0. The molecule has 0 rings (SSSR count). The Kier molecular flexibility index (Phi) is 41.2. The molecule has 0 aliphatic rings. The van der Waals surface area contributed by atoms with Crippen molar-refractivity contribution in [1.29, 1.82) is 0 Å². The van der Waals surface area contributed by atoms with Crippen molar-refractivity contribution in [3.8, 4) is 0 Å². The minimum absolute atomic E-state index is 0. The van der Waals surface area contributed by atoms with Crippen LogP contribution in [-0.2, 0) is 0 Å². The SMILES string of the molecule is Br.NCCBr.[H-].[Na+]. The zero-order chi connectivity index (χ0) is 3.41. The first-order valence-electron chi connectivity index (χ1n) is 1.18. The molecule has 1 nitrogen and oxygen atoms in total. The fourth-order valence-electron chi connectivity index (χ4n) is 0. The molecular weight excluding hydrogens is 221 g/mol. The number of halogens is 2. The van der Waals surface area contributed by atoms with Gasteiger partial charge in [0.2, 0.25) is 0 Å². The van der Waals surface area contributed by atoms with Crippen LogP contribution in [0, 0.1) is 0 Å². The molecule has 0 aromatic heterocycles. The number of hydrogen-bond acceptors (Lipinski definition) is 1. The van der Waals surface area contributed by atoms with E-state index in [1.165, 1.54) is 0 Å². The summed E-state index contributed by atoms with van der Waals surface area (Å²) in [5, 5.41) is 0.910. The van der Waals surface area contributed by atoms with E-state index in [2.05, 4.69) is 15.9 Å². The fraction of sp³-hybridized carbons (Fsp3) is 1.00. The molecule has 4 heteroatoms. The second-order valence-electron chi connectivity index (χ2n) is 0.478. The van der Waals surface area contributed by atoms with Crippen LogP contribution in [0.1, 0.15) is 1.43 Å². The van der Waals surface area contributed by atoms with E-state index >= 15 is 0 Å². The van der Waals surface area contributed by atoms with Gasteiger partial charge in [-0.2, -0.15) is 0 Å². The minimum atomic E-state index is 0. The summed E-state index contributed by atoms with van der Waals surface area (Å²) in [5.41, 5.74) is 4.98. The molecule has 36 valence electrons. The Morgan fingerprint density at radius 1 is 1.67 bits per heavy atom. The third kappa shape index (κ3) is 16.8. The Morgan fingerprint density at radius 2 is 1.83 bits per heavy atom. The van der Waals surface area contributed by atoms with Crippen LogP contribution in [-0.4, -0.2) is 11.9 Å².